The molecule has 0 saturated heterocycles. The van der Waals surface area contributed by atoms with Gasteiger partial charge >= 0.3 is 5.97 Å². The zero-order valence-corrected chi connectivity index (χ0v) is 8.40. The van der Waals surface area contributed by atoms with E-state index in [0.717, 1.165) is 0 Å². The summed E-state index contributed by atoms with van der Waals surface area (Å²) in [6.45, 7) is 1.95. The summed E-state index contributed by atoms with van der Waals surface area (Å²) in [7, 11) is 0. The second-order valence-electron chi connectivity index (χ2n) is 3.30. The summed E-state index contributed by atoms with van der Waals surface area (Å²) >= 11 is 0. The zero-order chi connectivity index (χ0) is 11.3. The lowest BCUT2D eigenvalue weighted by molar-refractivity contribution is -0.141. The molecule has 1 aromatic heterocycles. The Morgan fingerprint density at radius 2 is 2.33 bits per heavy atom. The van der Waals surface area contributed by atoms with Crippen LogP contribution < -0.4 is 5.32 Å². The first kappa shape index (κ1) is 11.3. The van der Waals surface area contributed by atoms with Crippen molar-refractivity contribution in [3.8, 4) is 0 Å². The summed E-state index contributed by atoms with van der Waals surface area (Å²) in [6, 6.07) is 1.55. The van der Waals surface area contributed by atoms with E-state index in [1.165, 1.54) is 12.5 Å². The van der Waals surface area contributed by atoms with Crippen molar-refractivity contribution in [2.75, 3.05) is 6.54 Å². The number of rotatable bonds is 5. The highest BCUT2D eigenvalue weighted by Gasteiger charge is 2.11. The van der Waals surface area contributed by atoms with Crippen LogP contribution in [0.1, 0.15) is 23.7 Å². The molecule has 0 spiro atoms. The molecule has 0 fully saturated rings. The molecule has 1 rings (SSSR count). The maximum Gasteiger partial charge on any atom is 0.306 e. The van der Waals surface area contributed by atoms with Gasteiger partial charge in [-0.05, 0) is 12.5 Å². The molecular formula is C10H13NO4. The molecule has 1 heterocycles. The monoisotopic (exact) mass is 211 g/mol. The number of hydrogen-bond donors (Lipinski definition) is 2. The average Bonchev–Trinajstić information content (AvgIpc) is 2.70. The summed E-state index contributed by atoms with van der Waals surface area (Å²) < 4.78 is 4.75. The predicted molar refractivity (Wildman–Crippen MR) is 52.5 cm³/mol. The fraction of sp³-hybridized carbons (Fsp3) is 0.400. The van der Waals surface area contributed by atoms with Crippen molar-refractivity contribution in [2.24, 2.45) is 5.92 Å². The number of nitrogens with one attached hydrogen (secondary N) is 1. The molecule has 0 aliphatic rings. The molecule has 5 heteroatoms. The van der Waals surface area contributed by atoms with Gasteiger partial charge in [0.15, 0.2) is 0 Å². The Bertz CT molecular complexity index is 331. The largest absolute Gasteiger partial charge is 0.481 e. The van der Waals surface area contributed by atoms with Crippen LogP contribution in [-0.2, 0) is 4.79 Å². The number of aliphatic carboxylic acids is 1. The minimum absolute atomic E-state index is 0.249. The number of carbonyl (C=O) groups excluding carboxylic acids is 1. The number of hydrogen-bond acceptors (Lipinski definition) is 3. The molecule has 0 aromatic carbocycles. The van der Waals surface area contributed by atoms with Gasteiger partial charge in [-0.2, -0.15) is 0 Å². The molecular weight excluding hydrogens is 198 g/mol. The van der Waals surface area contributed by atoms with Gasteiger partial charge in [0.25, 0.3) is 5.91 Å². The highest BCUT2D eigenvalue weighted by molar-refractivity contribution is 5.93. The number of carboxylic acid groups (broad SMARTS) is 1. The lowest BCUT2D eigenvalue weighted by Gasteiger charge is -2.06. The van der Waals surface area contributed by atoms with Gasteiger partial charge in [-0.25, -0.2) is 0 Å². The van der Waals surface area contributed by atoms with Crippen molar-refractivity contribution in [2.45, 2.75) is 13.3 Å². The molecule has 82 valence electrons. The van der Waals surface area contributed by atoms with E-state index in [-0.39, 0.29) is 5.91 Å². The van der Waals surface area contributed by atoms with Crippen molar-refractivity contribution in [1.29, 1.82) is 0 Å². The van der Waals surface area contributed by atoms with Crippen molar-refractivity contribution in [3.05, 3.63) is 24.2 Å². The molecule has 1 aromatic rings. The minimum Gasteiger partial charge on any atom is -0.481 e. The van der Waals surface area contributed by atoms with Crippen LogP contribution in [0.15, 0.2) is 23.0 Å². The van der Waals surface area contributed by atoms with E-state index in [1.54, 1.807) is 13.0 Å². The molecule has 0 aliphatic heterocycles. The quantitative estimate of drug-likeness (QED) is 0.764. The second-order valence-corrected chi connectivity index (χ2v) is 3.30. The van der Waals surface area contributed by atoms with Crippen LogP contribution in [0.2, 0.25) is 0 Å². The number of amides is 1. The van der Waals surface area contributed by atoms with E-state index in [9.17, 15) is 9.59 Å². The van der Waals surface area contributed by atoms with Gasteiger partial charge in [-0.15, -0.1) is 0 Å². The summed E-state index contributed by atoms with van der Waals surface area (Å²) in [5.74, 6) is -1.55. The van der Waals surface area contributed by atoms with Gasteiger partial charge in [-0.1, -0.05) is 6.92 Å². The van der Waals surface area contributed by atoms with Gasteiger partial charge in [0, 0.05) is 6.54 Å². The molecule has 0 bridgehead atoms. The highest BCUT2D eigenvalue weighted by atomic mass is 16.4. The first-order valence-corrected chi connectivity index (χ1v) is 4.64. The Kier molecular flexibility index (Phi) is 3.91. The van der Waals surface area contributed by atoms with E-state index in [1.807, 2.05) is 0 Å². The summed E-state index contributed by atoms with van der Waals surface area (Å²) in [5.41, 5.74) is 0.443. The predicted octanol–water partition coefficient (Wildman–Crippen LogP) is 1.12. The Morgan fingerprint density at radius 1 is 1.60 bits per heavy atom. The van der Waals surface area contributed by atoms with Crippen LogP contribution in [0, 0.1) is 5.92 Å². The number of furan rings is 1. The molecule has 0 saturated carbocycles. The smallest absolute Gasteiger partial charge is 0.306 e. The van der Waals surface area contributed by atoms with E-state index >= 15 is 0 Å². The topological polar surface area (TPSA) is 79.5 Å². The van der Waals surface area contributed by atoms with Gasteiger partial charge in [0.05, 0.1) is 17.7 Å². The van der Waals surface area contributed by atoms with E-state index in [0.29, 0.717) is 18.5 Å². The fourth-order valence-corrected chi connectivity index (χ4v) is 1.02. The van der Waals surface area contributed by atoms with Gasteiger partial charge < -0.3 is 14.8 Å². The fourth-order valence-electron chi connectivity index (χ4n) is 1.02. The molecule has 2 N–H and O–H groups in total. The third-order valence-electron chi connectivity index (χ3n) is 2.07. The number of carbonyl (C=O) groups is 2. The first-order chi connectivity index (χ1) is 7.11. The Labute approximate surface area is 87.1 Å². The minimum atomic E-state index is -0.854. The Hall–Kier alpha value is -1.78. The maximum absolute atomic E-state index is 11.3. The molecule has 0 aliphatic carbocycles. The molecule has 1 unspecified atom stereocenters. The lowest BCUT2D eigenvalue weighted by atomic mass is 10.1. The van der Waals surface area contributed by atoms with E-state index < -0.39 is 11.9 Å². The zero-order valence-electron chi connectivity index (χ0n) is 8.40. The van der Waals surface area contributed by atoms with Crippen molar-refractivity contribution in [1.82, 2.24) is 5.32 Å². The van der Waals surface area contributed by atoms with Crippen molar-refractivity contribution < 1.29 is 19.1 Å². The standard InChI is InChI=1S/C10H13NO4/c1-7(10(13)14)2-4-11-9(12)8-3-5-15-6-8/h3,5-7H,2,4H2,1H3,(H,11,12)(H,13,14). The third-order valence-corrected chi connectivity index (χ3v) is 2.07. The average molecular weight is 211 g/mol. The van der Waals surface area contributed by atoms with Gasteiger partial charge in [0.2, 0.25) is 0 Å². The second kappa shape index (κ2) is 5.19. The SMILES string of the molecule is CC(CCNC(=O)c1ccoc1)C(=O)O. The van der Waals surface area contributed by atoms with Crippen LogP contribution in [0.4, 0.5) is 0 Å². The van der Waals surface area contributed by atoms with Crippen LogP contribution >= 0.6 is 0 Å². The maximum atomic E-state index is 11.3. The van der Waals surface area contributed by atoms with E-state index in [2.05, 4.69) is 5.32 Å². The summed E-state index contributed by atoms with van der Waals surface area (Å²) in [4.78, 5) is 21.8. The lowest BCUT2D eigenvalue weighted by Crippen LogP contribution is -2.26. The summed E-state index contributed by atoms with van der Waals surface area (Å²) in [6.07, 6.45) is 3.17. The molecule has 0 radical (unpaired) electrons. The van der Waals surface area contributed by atoms with Crippen LogP contribution in [-0.4, -0.2) is 23.5 Å². The Morgan fingerprint density at radius 3 is 2.87 bits per heavy atom. The molecule has 15 heavy (non-hydrogen) atoms. The third kappa shape index (κ3) is 3.46. The normalized spacial score (nSPS) is 12.1. The number of carboxylic acids is 1. The first-order valence-electron chi connectivity index (χ1n) is 4.64. The van der Waals surface area contributed by atoms with Crippen molar-refractivity contribution >= 4 is 11.9 Å². The Balaban J connectivity index is 2.27. The van der Waals surface area contributed by atoms with Crippen LogP contribution in [0.3, 0.4) is 0 Å². The highest BCUT2D eigenvalue weighted by Crippen LogP contribution is 2.02. The van der Waals surface area contributed by atoms with E-state index in [4.69, 9.17) is 9.52 Å². The molecule has 1 amide bonds. The van der Waals surface area contributed by atoms with Gasteiger partial charge in [-0.3, -0.25) is 9.59 Å². The molecule has 1 atom stereocenters. The van der Waals surface area contributed by atoms with Gasteiger partial charge in [0.1, 0.15) is 6.26 Å². The summed E-state index contributed by atoms with van der Waals surface area (Å²) in [5, 5.41) is 11.2. The molecule has 5 nitrogen and oxygen atoms in total. The van der Waals surface area contributed by atoms with Crippen molar-refractivity contribution in [3.63, 3.8) is 0 Å². The van der Waals surface area contributed by atoms with Crippen LogP contribution in [0.5, 0.6) is 0 Å². The van der Waals surface area contributed by atoms with Crippen LogP contribution in [0.25, 0.3) is 0 Å².